The average Bonchev–Trinajstić information content (AvgIpc) is 3.30. The summed E-state index contributed by atoms with van der Waals surface area (Å²) in [5.74, 6) is 2.32. The van der Waals surface area contributed by atoms with Crippen molar-refractivity contribution in [2.45, 2.75) is 12.0 Å². The molecule has 0 unspecified atom stereocenters. The molecule has 3 aromatic rings. The Kier molecular flexibility index (Phi) is 5.27. The maximum Gasteiger partial charge on any atom is 0.240 e. The van der Waals surface area contributed by atoms with Crippen molar-refractivity contribution >= 4 is 11.6 Å². The predicted molar refractivity (Wildman–Crippen MR) is 111 cm³/mol. The Morgan fingerprint density at radius 3 is 2.03 bits per heavy atom. The van der Waals surface area contributed by atoms with Crippen molar-refractivity contribution in [2.75, 3.05) is 33.3 Å². The molecule has 0 aliphatic carbocycles. The zero-order valence-electron chi connectivity index (χ0n) is 17.2. The van der Waals surface area contributed by atoms with E-state index in [-0.39, 0.29) is 11.9 Å². The first-order chi connectivity index (χ1) is 14.6. The minimum Gasteiger partial charge on any atom is -0.497 e. The number of nitrogens with zero attached hydrogens (tertiary/aromatic N) is 1. The third-order valence-electron chi connectivity index (χ3n) is 5.33. The topological polar surface area (TPSA) is 70.4 Å². The number of rotatable bonds is 7. The predicted octanol–water partition coefficient (Wildman–Crippen LogP) is 4.19. The highest BCUT2D eigenvalue weighted by molar-refractivity contribution is 6.06. The number of ether oxygens (including phenoxy) is 4. The number of benzene rings is 2. The molecule has 7 nitrogen and oxygen atoms in total. The SMILES string of the molecule is COc1ccc([C@H]2[C@H](c3ccco3)C(=O)N2c2cc(OC)c(OC)c(OC)c2)cc1. The number of hydrogen-bond acceptors (Lipinski definition) is 6. The first-order valence-electron chi connectivity index (χ1n) is 9.43. The largest absolute Gasteiger partial charge is 0.497 e. The first-order valence-corrected chi connectivity index (χ1v) is 9.43. The molecule has 1 saturated heterocycles. The molecule has 1 aliphatic rings. The van der Waals surface area contributed by atoms with E-state index in [4.69, 9.17) is 23.4 Å². The lowest BCUT2D eigenvalue weighted by Crippen LogP contribution is -2.53. The molecule has 1 aliphatic heterocycles. The maximum absolute atomic E-state index is 13.2. The second-order valence-corrected chi connectivity index (χ2v) is 6.80. The number of β-lactam (4-membered cyclic amide) rings is 1. The van der Waals surface area contributed by atoms with Gasteiger partial charge in [-0.1, -0.05) is 12.1 Å². The van der Waals surface area contributed by atoms with Crippen LogP contribution in [0.4, 0.5) is 5.69 Å². The smallest absolute Gasteiger partial charge is 0.240 e. The Balaban J connectivity index is 1.80. The summed E-state index contributed by atoms with van der Waals surface area (Å²) in [4.78, 5) is 15.0. The highest BCUT2D eigenvalue weighted by atomic mass is 16.5. The van der Waals surface area contributed by atoms with Gasteiger partial charge in [0.05, 0.1) is 46.4 Å². The molecule has 156 valence electrons. The third kappa shape index (κ3) is 3.12. The van der Waals surface area contributed by atoms with Crippen molar-refractivity contribution in [3.8, 4) is 23.0 Å². The van der Waals surface area contributed by atoms with Crippen LogP contribution in [0.15, 0.2) is 59.2 Å². The summed E-state index contributed by atoms with van der Waals surface area (Å²) in [6.07, 6.45) is 1.58. The summed E-state index contributed by atoms with van der Waals surface area (Å²) < 4.78 is 27.2. The molecule has 0 bridgehead atoms. The van der Waals surface area contributed by atoms with Crippen LogP contribution < -0.4 is 23.8 Å². The standard InChI is InChI=1S/C23H23NO6/c1-26-16-9-7-14(8-10-16)21-20(17-6-5-11-30-17)23(25)24(21)15-12-18(27-2)22(29-4)19(13-15)28-3/h5-13,20-21H,1-4H3/t20-,21-/m0/s1. The van der Waals surface area contributed by atoms with Crippen LogP contribution >= 0.6 is 0 Å². The van der Waals surface area contributed by atoms with Gasteiger partial charge < -0.3 is 28.3 Å². The van der Waals surface area contributed by atoms with Gasteiger partial charge in [0.2, 0.25) is 11.7 Å². The summed E-state index contributed by atoms with van der Waals surface area (Å²) in [6.45, 7) is 0. The third-order valence-corrected chi connectivity index (χ3v) is 5.33. The number of carbonyl (C=O) groups excluding carboxylic acids is 1. The Hall–Kier alpha value is -3.61. The molecule has 2 heterocycles. The molecule has 0 radical (unpaired) electrons. The zero-order valence-corrected chi connectivity index (χ0v) is 17.2. The van der Waals surface area contributed by atoms with Gasteiger partial charge in [-0.15, -0.1) is 0 Å². The number of carbonyl (C=O) groups is 1. The number of amides is 1. The van der Waals surface area contributed by atoms with Crippen LogP contribution in [0.2, 0.25) is 0 Å². The van der Waals surface area contributed by atoms with Gasteiger partial charge in [-0.2, -0.15) is 0 Å². The monoisotopic (exact) mass is 409 g/mol. The normalized spacial score (nSPS) is 18.0. The second-order valence-electron chi connectivity index (χ2n) is 6.80. The van der Waals surface area contributed by atoms with Crippen molar-refractivity contribution in [1.82, 2.24) is 0 Å². The van der Waals surface area contributed by atoms with Gasteiger partial charge in [0, 0.05) is 12.1 Å². The van der Waals surface area contributed by atoms with Gasteiger partial charge in [-0.05, 0) is 29.8 Å². The molecule has 0 N–H and O–H groups in total. The van der Waals surface area contributed by atoms with Crippen LogP contribution in [-0.4, -0.2) is 34.3 Å². The van der Waals surface area contributed by atoms with Crippen LogP contribution in [0.1, 0.15) is 23.3 Å². The second kappa shape index (κ2) is 8.02. The van der Waals surface area contributed by atoms with Gasteiger partial charge in [0.1, 0.15) is 17.4 Å². The lowest BCUT2D eigenvalue weighted by atomic mass is 9.80. The average molecular weight is 409 g/mol. The Morgan fingerprint density at radius 1 is 0.867 bits per heavy atom. The van der Waals surface area contributed by atoms with Crippen molar-refractivity contribution in [3.63, 3.8) is 0 Å². The lowest BCUT2D eigenvalue weighted by molar-refractivity contribution is -0.127. The minimum absolute atomic E-state index is 0.0694. The molecule has 2 aromatic carbocycles. The molecular weight excluding hydrogens is 386 g/mol. The molecule has 1 aromatic heterocycles. The molecule has 1 fully saturated rings. The quantitative estimate of drug-likeness (QED) is 0.545. The summed E-state index contributed by atoms with van der Waals surface area (Å²) in [5, 5.41) is 0. The fraction of sp³-hybridized carbons (Fsp3) is 0.261. The van der Waals surface area contributed by atoms with Crippen LogP contribution in [-0.2, 0) is 4.79 Å². The molecule has 7 heteroatoms. The Bertz CT molecular complexity index is 1000. The van der Waals surface area contributed by atoms with E-state index in [0.29, 0.717) is 28.7 Å². The van der Waals surface area contributed by atoms with Gasteiger partial charge in [-0.3, -0.25) is 4.79 Å². The van der Waals surface area contributed by atoms with E-state index in [1.54, 1.807) is 57.8 Å². The maximum atomic E-state index is 13.2. The van der Waals surface area contributed by atoms with Gasteiger partial charge in [0.25, 0.3) is 0 Å². The summed E-state index contributed by atoms with van der Waals surface area (Å²) in [6, 6.07) is 14.6. The van der Waals surface area contributed by atoms with Crippen molar-refractivity contribution in [1.29, 1.82) is 0 Å². The molecule has 4 rings (SSSR count). The van der Waals surface area contributed by atoms with E-state index >= 15 is 0 Å². The van der Waals surface area contributed by atoms with E-state index in [2.05, 4.69) is 0 Å². The first kappa shape index (κ1) is 19.7. The number of anilines is 1. The molecule has 30 heavy (non-hydrogen) atoms. The fourth-order valence-corrected chi connectivity index (χ4v) is 3.87. The van der Waals surface area contributed by atoms with E-state index in [9.17, 15) is 4.79 Å². The van der Waals surface area contributed by atoms with Crippen molar-refractivity contribution in [2.24, 2.45) is 0 Å². The Labute approximate surface area is 174 Å². The van der Waals surface area contributed by atoms with E-state index in [1.165, 1.54) is 0 Å². The highest BCUT2D eigenvalue weighted by Gasteiger charge is 2.51. The lowest BCUT2D eigenvalue weighted by Gasteiger charge is -2.46. The van der Waals surface area contributed by atoms with Gasteiger partial charge in [-0.25, -0.2) is 0 Å². The molecule has 0 saturated carbocycles. The molecule has 2 atom stereocenters. The number of methoxy groups -OCH3 is 4. The van der Waals surface area contributed by atoms with Crippen LogP contribution in [0.5, 0.6) is 23.0 Å². The number of furan rings is 1. The van der Waals surface area contributed by atoms with Crippen LogP contribution in [0, 0.1) is 0 Å². The number of hydrogen-bond donors (Lipinski definition) is 0. The van der Waals surface area contributed by atoms with E-state index < -0.39 is 5.92 Å². The van der Waals surface area contributed by atoms with Crippen molar-refractivity contribution in [3.05, 3.63) is 66.1 Å². The Morgan fingerprint density at radius 2 is 1.53 bits per heavy atom. The molecule has 0 spiro atoms. The highest BCUT2D eigenvalue weighted by Crippen LogP contribution is 2.52. The van der Waals surface area contributed by atoms with E-state index in [0.717, 1.165) is 11.3 Å². The van der Waals surface area contributed by atoms with Gasteiger partial charge >= 0.3 is 0 Å². The fourth-order valence-electron chi connectivity index (χ4n) is 3.87. The minimum atomic E-state index is -0.424. The summed E-state index contributed by atoms with van der Waals surface area (Å²) >= 11 is 0. The summed E-state index contributed by atoms with van der Waals surface area (Å²) in [5.41, 5.74) is 1.61. The zero-order chi connectivity index (χ0) is 21.3. The van der Waals surface area contributed by atoms with E-state index in [1.807, 2.05) is 30.3 Å². The molecular formula is C23H23NO6. The van der Waals surface area contributed by atoms with Crippen LogP contribution in [0.3, 0.4) is 0 Å². The summed E-state index contributed by atoms with van der Waals surface area (Å²) in [7, 11) is 6.26. The van der Waals surface area contributed by atoms with Crippen LogP contribution in [0.25, 0.3) is 0 Å². The molecule has 1 amide bonds. The van der Waals surface area contributed by atoms with Crippen molar-refractivity contribution < 1.29 is 28.2 Å². The van der Waals surface area contributed by atoms with Gasteiger partial charge in [0.15, 0.2) is 11.5 Å².